The third-order valence-corrected chi connectivity index (χ3v) is 7.72. The summed E-state index contributed by atoms with van der Waals surface area (Å²) >= 11 is 0.500. The van der Waals surface area contributed by atoms with Crippen molar-refractivity contribution in [2.45, 2.75) is 107 Å². The van der Waals surface area contributed by atoms with Crippen LogP contribution in [0.3, 0.4) is 0 Å². The summed E-state index contributed by atoms with van der Waals surface area (Å²) in [6.45, 7) is 14.5. The zero-order chi connectivity index (χ0) is 16.5. The van der Waals surface area contributed by atoms with Crippen molar-refractivity contribution in [2.24, 2.45) is 5.41 Å². The van der Waals surface area contributed by atoms with Crippen LogP contribution in [0.4, 0.5) is 0 Å². The van der Waals surface area contributed by atoms with Gasteiger partial charge in [-0.2, -0.15) is 0 Å². The Labute approximate surface area is 148 Å². The van der Waals surface area contributed by atoms with Crippen molar-refractivity contribution in [1.82, 2.24) is 0 Å². The van der Waals surface area contributed by atoms with Gasteiger partial charge in [0.15, 0.2) is 0 Å². The van der Waals surface area contributed by atoms with Crippen LogP contribution in [0.15, 0.2) is 0 Å². The monoisotopic (exact) mass is 366 g/mol. The normalized spacial score (nSPS) is 25.8. The maximum absolute atomic E-state index is 2.43. The van der Waals surface area contributed by atoms with Crippen molar-refractivity contribution in [3.05, 3.63) is 0 Å². The molecule has 0 bridgehead atoms. The third-order valence-electron chi connectivity index (χ3n) is 4.57. The Morgan fingerprint density at radius 3 is 1.48 bits per heavy atom. The topological polar surface area (TPSA) is 0 Å². The van der Waals surface area contributed by atoms with E-state index in [0.717, 1.165) is 22.6 Å². The maximum atomic E-state index is 2.43. The molecule has 3 heteroatoms. The SMILES string of the molecule is CCC1(CC)CC(PC(C)C)CC(PC(C)C)C1.[CH3][Ti][CH3]. The number of hydrogen-bond acceptors (Lipinski definition) is 0. The molecule has 1 aliphatic rings. The summed E-state index contributed by atoms with van der Waals surface area (Å²) in [5.41, 5.74) is 4.58. The van der Waals surface area contributed by atoms with E-state index in [1.807, 2.05) is 0 Å². The van der Waals surface area contributed by atoms with E-state index in [9.17, 15) is 0 Å². The minimum atomic E-state index is 0.500. The molecule has 126 valence electrons. The molecule has 4 atom stereocenters. The Morgan fingerprint density at radius 1 is 0.905 bits per heavy atom. The zero-order valence-electron chi connectivity index (χ0n) is 15.8. The second kappa shape index (κ2) is 12.0. The molecule has 1 fully saturated rings. The van der Waals surface area contributed by atoms with Crippen molar-refractivity contribution in [2.75, 3.05) is 0 Å². The predicted octanol–water partition coefficient (Wildman–Crippen LogP) is 7.05. The first-order chi connectivity index (χ1) is 9.82. The van der Waals surface area contributed by atoms with Crippen LogP contribution in [0.2, 0.25) is 10.5 Å². The van der Waals surface area contributed by atoms with Gasteiger partial charge in [-0.3, -0.25) is 0 Å². The van der Waals surface area contributed by atoms with E-state index in [1.165, 1.54) is 49.3 Å². The molecule has 4 unspecified atom stereocenters. The fraction of sp³-hybridized carbons (Fsp3) is 1.00. The minimum absolute atomic E-state index is 0.500. The fourth-order valence-electron chi connectivity index (χ4n) is 3.66. The molecule has 0 nitrogen and oxygen atoms in total. The molecular weight excluding hydrogens is 326 g/mol. The Kier molecular flexibility index (Phi) is 12.9. The summed E-state index contributed by atoms with van der Waals surface area (Å²) in [6, 6.07) is 0. The van der Waals surface area contributed by atoms with Crippen LogP contribution in [0, 0.1) is 5.41 Å². The van der Waals surface area contributed by atoms with Crippen LogP contribution in [0.1, 0.15) is 73.6 Å². The molecule has 0 aromatic heterocycles. The first kappa shape index (κ1) is 22.6. The van der Waals surface area contributed by atoms with E-state index in [4.69, 9.17) is 0 Å². The molecule has 0 aliphatic heterocycles. The molecule has 0 heterocycles. The average molecular weight is 366 g/mol. The second-order valence-corrected chi connectivity index (χ2v) is 13.6. The van der Waals surface area contributed by atoms with Crippen molar-refractivity contribution in [1.29, 1.82) is 0 Å². The van der Waals surface area contributed by atoms with E-state index >= 15 is 0 Å². The van der Waals surface area contributed by atoms with Crippen molar-refractivity contribution in [3.63, 3.8) is 0 Å². The van der Waals surface area contributed by atoms with Gasteiger partial charge in [-0.1, -0.05) is 54.4 Å². The first-order valence-electron chi connectivity index (χ1n) is 8.93. The summed E-state index contributed by atoms with van der Waals surface area (Å²) in [4.78, 5) is 0. The summed E-state index contributed by atoms with van der Waals surface area (Å²) < 4.78 is 0. The van der Waals surface area contributed by atoms with Crippen LogP contribution < -0.4 is 0 Å². The van der Waals surface area contributed by atoms with Crippen molar-refractivity contribution >= 4 is 17.2 Å². The van der Waals surface area contributed by atoms with Crippen molar-refractivity contribution < 1.29 is 19.2 Å². The Bertz CT molecular complexity index is 230. The van der Waals surface area contributed by atoms with Gasteiger partial charge >= 0.3 is 29.6 Å². The summed E-state index contributed by atoms with van der Waals surface area (Å²) in [6.07, 6.45) is 7.39. The van der Waals surface area contributed by atoms with E-state index in [2.05, 4.69) is 52.0 Å². The molecule has 21 heavy (non-hydrogen) atoms. The van der Waals surface area contributed by atoms with Gasteiger partial charge < -0.3 is 0 Å². The first-order valence-corrected chi connectivity index (χ1v) is 14.4. The molecule has 0 aromatic rings. The Morgan fingerprint density at radius 2 is 1.24 bits per heavy atom. The molecule has 0 radical (unpaired) electrons. The van der Waals surface area contributed by atoms with Crippen LogP contribution in [-0.2, 0) is 19.2 Å². The van der Waals surface area contributed by atoms with Gasteiger partial charge in [0.25, 0.3) is 0 Å². The standard InChI is InChI=1S/C16H34P2.2CH3.Ti/c1-7-16(8-2)10-14(17-12(3)4)9-15(11-16)18-13(5)6;;;/h12-15,17-18H,7-11H2,1-6H3;2*1H3;. The number of hydrogen-bond donors (Lipinski definition) is 0. The zero-order valence-corrected chi connectivity index (χ0v) is 19.4. The van der Waals surface area contributed by atoms with E-state index in [1.54, 1.807) is 0 Å². The molecule has 0 aromatic carbocycles. The average Bonchev–Trinajstić information content (AvgIpc) is 2.37. The van der Waals surface area contributed by atoms with Crippen LogP contribution >= 0.6 is 17.2 Å². The summed E-state index contributed by atoms with van der Waals surface area (Å²) in [5, 5.41) is 4.50. The van der Waals surface area contributed by atoms with E-state index in [0.29, 0.717) is 24.6 Å². The molecule has 1 aliphatic carbocycles. The fourth-order valence-corrected chi connectivity index (χ4v) is 7.73. The molecule has 1 saturated carbocycles. The van der Waals surface area contributed by atoms with Gasteiger partial charge in [0.05, 0.1) is 0 Å². The van der Waals surface area contributed by atoms with Gasteiger partial charge in [0.1, 0.15) is 0 Å². The van der Waals surface area contributed by atoms with Gasteiger partial charge in [-0.25, -0.2) is 0 Å². The molecule has 0 amide bonds. The van der Waals surface area contributed by atoms with Crippen LogP contribution in [0.25, 0.3) is 0 Å². The molecule has 1 rings (SSSR count). The third kappa shape index (κ3) is 9.45. The van der Waals surface area contributed by atoms with Gasteiger partial charge in [0.2, 0.25) is 0 Å². The molecule has 0 N–H and O–H groups in total. The van der Waals surface area contributed by atoms with E-state index in [-0.39, 0.29) is 0 Å². The van der Waals surface area contributed by atoms with E-state index < -0.39 is 0 Å². The predicted molar refractivity (Wildman–Crippen MR) is 103 cm³/mol. The van der Waals surface area contributed by atoms with Crippen LogP contribution in [-0.4, -0.2) is 22.6 Å². The second-order valence-electron chi connectivity index (χ2n) is 7.39. The van der Waals surface area contributed by atoms with Crippen LogP contribution in [0.5, 0.6) is 0 Å². The van der Waals surface area contributed by atoms with Gasteiger partial charge in [-0.15, -0.1) is 17.2 Å². The quantitative estimate of drug-likeness (QED) is 0.349. The molecule has 0 saturated heterocycles. The van der Waals surface area contributed by atoms with Gasteiger partial charge in [0, 0.05) is 0 Å². The molecular formula is C18H40P2Ti. The Hall–Kier alpha value is 1.57. The summed E-state index contributed by atoms with van der Waals surface area (Å²) in [7, 11) is 2.40. The Balaban J connectivity index is 0.00000122. The molecule has 0 spiro atoms. The number of rotatable bonds is 6. The summed E-state index contributed by atoms with van der Waals surface area (Å²) in [5.74, 6) is 0. The van der Waals surface area contributed by atoms with Gasteiger partial charge in [-0.05, 0) is 47.3 Å². The van der Waals surface area contributed by atoms with Crippen molar-refractivity contribution in [3.8, 4) is 0 Å².